The van der Waals surface area contributed by atoms with E-state index in [1.54, 1.807) is 6.07 Å². The molecule has 0 aromatic heterocycles. The Balaban J connectivity index is 0.00000529. The van der Waals surface area contributed by atoms with Gasteiger partial charge in [-0.2, -0.15) is 0 Å². The van der Waals surface area contributed by atoms with Gasteiger partial charge in [0.05, 0.1) is 20.2 Å². The molecule has 8 heteroatoms. The Bertz CT molecular complexity index is 593. The summed E-state index contributed by atoms with van der Waals surface area (Å²) in [6, 6.07) is 3.57. The van der Waals surface area contributed by atoms with Gasteiger partial charge in [0.25, 0.3) is 0 Å². The van der Waals surface area contributed by atoms with E-state index in [0.717, 1.165) is 10.9 Å². The van der Waals surface area contributed by atoms with Crippen LogP contribution in [-0.2, 0) is 0 Å². The molecule has 0 aliphatic heterocycles. The summed E-state index contributed by atoms with van der Waals surface area (Å²) < 4.78 is 6.47. The van der Waals surface area contributed by atoms with Crippen molar-refractivity contribution in [3.63, 3.8) is 0 Å². The first kappa shape index (κ1) is 24.6. The summed E-state index contributed by atoms with van der Waals surface area (Å²) >= 11 is 6.36. The summed E-state index contributed by atoms with van der Waals surface area (Å²) in [6.45, 7) is 23.3. The second kappa shape index (κ2) is 7.67. The molecule has 0 spiro atoms. The van der Waals surface area contributed by atoms with E-state index in [1.807, 2.05) is 6.07 Å². The molecule has 0 fully saturated rings. The van der Waals surface area contributed by atoms with Crippen LogP contribution in [0.15, 0.2) is 12.1 Å². The van der Waals surface area contributed by atoms with Crippen LogP contribution < -0.4 is 33.6 Å². The fourth-order valence-corrected chi connectivity index (χ4v) is 9.46. The van der Waals surface area contributed by atoms with Gasteiger partial charge in [-0.1, -0.05) is 69.2 Å². The van der Waals surface area contributed by atoms with Crippen LogP contribution in [0.4, 0.5) is 0 Å². The molecule has 0 bridgehead atoms. The van der Waals surface area contributed by atoms with Crippen LogP contribution in [0.2, 0.25) is 70.5 Å². The molecule has 0 saturated carbocycles. The molecule has 0 unspecified atom stereocenters. The molecule has 2 nitrogen and oxygen atoms in total. The van der Waals surface area contributed by atoms with Crippen LogP contribution in [0.1, 0.15) is 0 Å². The minimum absolute atomic E-state index is 0. The van der Waals surface area contributed by atoms with Crippen molar-refractivity contribution in [2.24, 2.45) is 0 Å². The fraction of sp³-hybridized carbons (Fsp3) is 0.625. The fourth-order valence-electron chi connectivity index (χ4n) is 1.93. The summed E-state index contributed by atoms with van der Waals surface area (Å²) in [6.07, 6.45) is 0. The zero-order chi connectivity index (χ0) is 18.4. The number of benzene rings is 1. The Morgan fingerprint density at radius 3 is 1.67 bits per heavy atom. The Labute approximate surface area is 169 Å². The zero-order valence-corrected chi connectivity index (χ0v) is 22.1. The summed E-state index contributed by atoms with van der Waals surface area (Å²) in [7, 11) is -6.47. The van der Waals surface area contributed by atoms with Crippen LogP contribution >= 0.6 is 11.6 Å². The standard InChI is InChI=1S/C16H33ClO2Si4.Li/c1-20(2,3)22(7,8)16-12-15(13(17)11-14(16)18)19-23(9,10)21(4,5)6;/h11-12,18H,1-10H3;/q;+1/p-1. The Morgan fingerprint density at radius 2 is 1.29 bits per heavy atom. The molecule has 1 rings (SSSR count). The number of halogens is 1. The van der Waals surface area contributed by atoms with Crippen LogP contribution in [0.5, 0.6) is 11.5 Å². The average Bonchev–Trinajstić information content (AvgIpc) is 2.29. The van der Waals surface area contributed by atoms with Crippen molar-refractivity contribution in [3.8, 4) is 11.5 Å². The smallest absolute Gasteiger partial charge is 0.872 e. The van der Waals surface area contributed by atoms with Gasteiger partial charge in [-0.25, -0.2) is 0 Å². The maximum atomic E-state index is 12.6. The first-order chi connectivity index (χ1) is 10.0. The second-order valence-electron chi connectivity index (χ2n) is 9.52. The van der Waals surface area contributed by atoms with Gasteiger partial charge in [-0.05, 0) is 25.2 Å². The molecule has 0 N–H and O–H groups in total. The third-order valence-corrected chi connectivity index (χ3v) is 39.1. The first-order valence-electron chi connectivity index (χ1n) is 8.21. The number of hydrogen-bond acceptors (Lipinski definition) is 2. The van der Waals surface area contributed by atoms with E-state index >= 15 is 0 Å². The predicted octanol–water partition coefficient (Wildman–Crippen LogP) is 1.75. The van der Waals surface area contributed by atoms with E-state index in [2.05, 4.69) is 65.5 Å². The quantitative estimate of drug-likeness (QED) is 0.692. The van der Waals surface area contributed by atoms with Gasteiger partial charge >= 0.3 is 18.9 Å². The molecule has 0 aliphatic rings. The van der Waals surface area contributed by atoms with E-state index < -0.39 is 30.6 Å². The van der Waals surface area contributed by atoms with Gasteiger partial charge in [-0.3, -0.25) is 0 Å². The van der Waals surface area contributed by atoms with Crippen molar-refractivity contribution < 1.29 is 28.4 Å². The molecular formula is C16H32ClLiO2Si4. The third-order valence-electron chi connectivity index (χ3n) is 5.75. The van der Waals surface area contributed by atoms with E-state index in [1.165, 1.54) is 0 Å². The molecule has 1 aromatic carbocycles. The molecule has 132 valence electrons. The minimum atomic E-state index is -1.84. The van der Waals surface area contributed by atoms with E-state index in [-0.39, 0.29) is 24.6 Å². The molecule has 24 heavy (non-hydrogen) atoms. The van der Waals surface area contributed by atoms with Crippen LogP contribution in [-0.4, -0.2) is 30.6 Å². The van der Waals surface area contributed by atoms with E-state index in [4.69, 9.17) is 16.0 Å². The topological polar surface area (TPSA) is 32.3 Å². The van der Waals surface area contributed by atoms with Gasteiger partial charge < -0.3 is 9.53 Å². The van der Waals surface area contributed by atoms with Gasteiger partial charge in [0, 0.05) is 7.59 Å². The van der Waals surface area contributed by atoms with Crippen molar-refractivity contribution in [2.75, 3.05) is 0 Å². The SMILES string of the molecule is C[Si](C)(C)[Si](C)(C)Oc1cc([Si](C)(C)[Si](C)(C)C)c([O-])cc1Cl.[Li+]. The normalized spacial score (nSPS) is 13.5. The molecule has 0 saturated heterocycles. The zero-order valence-electron chi connectivity index (χ0n) is 17.3. The largest absolute Gasteiger partial charge is 1.00 e. The molecule has 0 amide bonds. The van der Waals surface area contributed by atoms with Crippen LogP contribution in [0, 0.1) is 0 Å². The number of rotatable bonds is 5. The molecule has 1 aromatic rings. The Morgan fingerprint density at radius 1 is 0.833 bits per heavy atom. The summed E-state index contributed by atoms with van der Waals surface area (Å²) in [5.41, 5.74) is 0. The van der Waals surface area contributed by atoms with Crippen LogP contribution in [0.3, 0.4) is 0 Å². The van der Waals surface area contributed by atoms with Gasteiger partial charge in [-0.15, -0.1) is 5.75 Å². The minimum Gasteiger partial charge on any atom is -0.872 e. The van der Waals surface area contributed by atoms with E-state index in [0.29, 0.717) is 5.02 Å². The van der Waals surface area contributed by atoms with Crippen molar-refractivity contribution in [1.29, 1.82) is 0 Å². The van der Waals surface area contributed by atoms with Crippen molar-refractivity contribution >= 4 is 47.4 Å². The molecule has 0 heterocycles. The van der Waals surface area contributed by atoms with Gasteiger partial charge in [0.2, 0.25) is 7.83 Å². The summed E-state index contributed by atoms with van der Waals surface area (Å²) in [5, 5.41) is 14.0. The van der Waals surface area contributed by atoms with Gasteiger partial charge in [0.1, 0.15) is 5.75 Å². The molecule has 0 radical (unpaired) electrons. The Hall–Kier alpha value is 0.575. The maximum absolute atomic E-state index is 12.6. The van der Waals surface area contributed by atoms with Crippen LogP contribution in [0.25, 0.3) is 0 Å². The van der Waals surface area contributed by atoms with Gasteiger partial charge in [0.15, 0.2) is 0 Å². The monoisotopic (exact) mass is 410 g/mol. The second-order valence-corrected chi connectivity index (χ2v) is 42.3. The molecule has 0 atom stereocenters. The molecule has 0 aliphatic carbocycles. The van der Waals surface area contributed by atoms with Crippen molar-refractivity contribution in [3.05, 3.63) is 17.2 Å². The average molecular weight is 411 g/mol. The summed E-state index contributed by atoms with van der Waals surface area (Å²) in [4.78, 5) is 0. The van der Waals surface area contributed by atoms with E-state index in [9.17, 15) is 5.11 Å². The maximum Gasteiger partial charge on any atom is 1.00 e. The third kappa shape index (κ3) is 5.06. The van der Waals surface area contributed by atoms with Crippen molar-refractivity contribution in [1.82, 2.24) is 0 Å². The summed E-state index contributed by atoms with van der Waals surface area (Å²) in [5.74, 6) is 0.827. The predicted molar refractivity (Wildman–Crippen MR) is 113 cm³/mol. The number of hydrogen-bond donors (Lipinski definition) is 0. The molecular weight excluding hydrogens is 379 g/mol. The van der Waals surface area contributed by atoms with Crippen molar-refractivity contribution in [2.45, 2.75) is 65.5 Å². The first-order valence-corrected chi connectivity index (χ1v) is 23.5. The Kier molecular flexibility index (Phi) is 7.85.